The molecule has 2 heterocycles. The van der Waals surface area contributed by atoms with Crippen LogP contribution in [0.5, 0.6) is 0 Å². The second-order valence-corrected chi connectivity index (χ2v) is 5.51. The Bertz CT molecular complexity index is 853. The van der Waals surface area contributed by atoms with E-state index >= 15 is 0 Å². The van der Waals surface area contributed by atoms with Crippen molar-refractivity contribution in [3.05, 3.63) is 50.0 Å². The fourth-order valence-corrected chi connectivity index (χ4v) is 2.39. The molecule has 0 fully saturated rings. The van der Waals surface area contributed by atoms with Gasteiger partial charge in [0.2, 0.25) is 5.89 Å². The molecule has 0 saturated carbocycles. The molecule has 0 saturated heterocycles. The zero-order valence-corrected chi connectivity index (χ0v) is 12.8. The van der Waals surface area contributed by atoms with E-state index in [0.717, 1.165) is 0 Å². The SMILES string of the molecule is Cc1ncc(I)c(=O)n1Cc1nc2c(N)cccc2o1. The maximum atomic E-state index is 12.1. The topological polar surface area (TPSA) is 86.9 Å². The predicted octanol–water partition coefficient (Wildman–Crippen LogP) is 1.93. The normalized spacial score (nSPS) is 11.1. The molecule has 0 aliphatic rings. The monoisotopic (exact) mass is 382 g/mol. The summed E-state index contributed by atoms with van der Waals surface area (Å²) in [5, 5.41) is 0. The summed E-state index contributed by atoms with van der Waals surface area (Å²) in [6.07, 6.45) is 1.55. The fourth-order valence-electron chi connectivity index (χ4n) is 1.96. The van der Waals surface area contributed by atoms with Gasteiger partial charge in [0.25, 0.3) is 5.56 Å². The van der Waals surface area contributed by atoms with Gasteiger partial charge in [-0.3, -0.25) is 9.36 Å². The Balaban J connectivity index is 2.08. The minimum atomic E-state index is -0.103. The minimum Gasteiger partial charge on any atom is -0.439 e. The van der Waals surface area contributed by atoms with Crippen molar-refractivity contribution in [2.45, 2.75) is 13.5 Å². The van der Waals surface area contributed by atoms with Gasteiger partial charge >= 0.3 is 0 Å². The van der Waals surface area contributed by atoms with Gasteiger partial charge in [-0.2, -0.15) is 0 Å². The minimum absolute atomic E-state index is 0.103. The molecule has 3 rings (SSSR count). The lowest BCUT2D eigenvalue weighted by molar-refractivity contribution is 0.496. The second-order valence-electron chi connectivity index (χ2n) is 4.35. The number of anilines is 1. The zero-order valence-electron chi connectivity index (χ0n) is 10.6. The number of fused-ring (bicyclic) bond motifs is 1. The third-order valence-corrected chi connectivity index (χ3v) is 3.73. The van der Waals surface area contributed by atoms with Crippen LogP contribution >= 0.6 is 22.6 Å². The van der Waals surface area contributed by atoms with Gasteiger partial charge in [-0.1, -0.05) is 6.07 Å². The Kier molecular flexibility index (Phi) is 3.20. The van der Waals surface area contributed by atoms with Crippen molar-refractivity contribution in [2.24, 2.45) is 0 Å². The Morgan fingerprint density at radius 1 is 1.45 bits per heavy atom. The van der Waals surface area contributed by atoms with Crippen LogP contribution in [0.1, 0.15) is 11.7 Å². The van der Waals surface area contributed by atoms with Gasteiger partial charge in [-0.25, -0.2) is 9.97 Å². The number of oxazole rings is 1. The smallest absolute Gasteiger partial charge is 0.267 e. The highest BCUT2D eigenvalue weighted by atomic mass is 127. The molecule has 7 heteroatoms. The van der Waals surface area contributed by atoms with Gasteiger partial charge in [0, 0.05) is 6.20 Å². The van der Waals surface area contributed by atoms with Crippen molar-refractivity contribution in [1.29, 1.82) is 0 Å². The number of aryl methyl sites for hydroxylation is 1. The number of nitrogens with two attached hydrogens (primary N) is 1. The summed E-state index contributed by atoms with van der Waals surface area (Å²) in [5.74, 6) is 1.05. The molecular weight excluding hydrogens is 371 g/mol. The van der Waals surface area contributed by atoms with Crippen molar-refractivity contribution < 1.29 is 4.42 Å². The highest BCUT2D eigenvalue weighted by Crippen LogP contribution is 2.21. The largest absolute Gasteiger partial charge is 0.439 e. The number of rotatable bonds is 2. The number of halogens is 1. The van der Waals surface area contributed by atoms with E-state index in [-0.39, 0.29) is 12.1 Å². The molecule has 1 aromatic carbocycles. The van der Waals surface area contributed by atoms with Crippen LogP contribution in [0.4, 0.5) is 5.69 Å². The molecule has 0 bridgehead atoms. The Labute approximate surface area is 127 Å². The third kappa shape index (κ3) is 2.17. The van der Waals surface area contributed by atoms with E-state index in [9.17, 15) is 4.79 Å². The van der Waals surface area contributed by atoms with E-state index in [1.807, 2.05) is 22.6 Å². The van der Waals surface area contributed by atoms with Crippen LogP contribution in [-0.2, 0) is 6.54 Å². The first-order chi connectivity index (χ1) is 9.56. The van der Waals surface area contributed by atoms with Crippen LogP contribution in [0.2, 0.25) is 0 Å². The lowest BCUT2D eigenvalue weighted by atomic mass is 10.3. The molecule has 20 heavy (non-hydrogen) atoms. The van der Waals surface area contributed by atoms with Gasteiger partial charge in [-0.15, -0.1) is 0 Å². The number of hydrogen-bond acceptors (Lipinski definition) is 5. The molecule has 0 spiro atoms. The maximum absolute atomic E-state index is 12.1. The quantitative estimate of drug-likeness (QED) is 0.541. The fraction of sp³-hybridized carbons (Fsp3) is 0.154. The summed E-state index contributed by atoms with van der Waals surface area (Å²) in [6.45, 7) is 2.01. The van der Waals surface area contributed by atoms with E-state index < -0.39 is 0 Å². The van der Waals surface area contributed by atoms with Crippen molar-refractivity contribution >= 4 is 39.4 Å². The van der Waals surface area contributed by atoms with Crippen LogP contribution < -0.4 is 11.3 Å². The zero-order chi connectivity index (χ0) is 14.3. The summed E-state index contributed by atoms with van der Waals surface area (Å²) in [4.78, 5) is 20.6. The first-order valence-corrected chi connectivity index (χ1v) is 7.00. The van der Waals surface area contributed by atoms with Crippen molar-refractivity contribution in [2.75, 3.05) is 5.73 Å². The average molecular weight is 382 g/mol. The number of aromatic nitrogens is 3. The standard InChI is InChI=1S/C13H11IN4O2/c1-7-16-5-8(14)13(19)18(7)6-11-17-12-9(15)3-2-4-10(12)20-11/h2-5H,6,15H2,1H3. The molecule has 2 aromatic heterocycles. The molecule has 0 atom stereocenters. The molecule has 6 nitrogen and oxygen atoms in total. The molecule has 2 N–H and O–H groups in total. The third-order valence-electron chi connectivity index (χ3n) is 2.99. The molecule has 0 unspecified atom stereocenters. The highest BCUT2D eigenvalue weighted by molar-refractivity contribution is 14.1. The van der Waals surface area contributed by atoms with E-state index in [1.54, 1.807) is 31.3 Å². The molecule has 0 radical (unpaired) electrons. The maximum Gasteiger partial charge on any atom is 0.267 e. The van der Waals surface area contributed by atoms with Crippen molar-refractivity contribution in [3.63, 3.8) is 0 Å². The number of hydrogen-bond donors (Lipinski definition) is 1. The van der Waals surface area contributed by atoms with Crippen LogP contribution in [0.25, 0.3) is 11.1 Å². The molecule has 0 aliphatic carbocycles. The lowest BCUT2D eigenvalue weighted by Gasteiger charge is -2.06. The summed E-state index contributed by atoms with van der Waals surface area (Å²) in [5.41, 5.74) is 7.53. The average Bonchev–Trinajstić information content (AvgIpc) is 2.83. The van der Waals surface area contributed by atoms with E-state index in [0.29, 0.717) is 32.1 Å². The van der Waals surface area contributed by atoms with Gasteiger partial charge in [0.1, 0.15) is 17.9 Å². The molecule has 102 valence electrons. The van der Waals surface area contributed by atoms with Crippen LogP contribution in [0, 0.1) is 10.5 Å². The second kappa shape index (κ2) is 4.89. The van der Waals surface area contributed by atoms with Crippen LogP contribution in [0.15, 0.2) is 33.6 Å². The summed E-state index contributed by atoms with van der Waals surface area (Å²) < 4.78 is 7.71. The Hall–Kier alpha value is -1.90. The molecular formula is C13H11IN4O2. The number of para-hydroxylation sites is 1. The van der Waals surface area contributed by atoms with Crippen LogP contribution in [0.3, 0.4) is 0 Å². The summed E-state index contributed by atoms with van der Waals surface area (Å²) in [6, 6.07) is 5.36. The van der Waals surface area contributed by atoms with E-state index in [4.69, 9.17) is 10.2 Å². The first kappa shape index (κ1) is 13.1. The highest BCUT2D eigenvalue weighted by Gasteiger charge is 2.12. The predicted molar refractivity (Wildman–Crippen MR) is 83.5 cm³/mol. The number of nitrogens with zero attached hydrogens (tertiary/aromatic N) is 3. The van der Waals surface area contributed by atoms with Gasteiger partial charge in [-0.05, 0) is 41.6 Å². The Morgan fingerprint density at radius 2 is 2.25 bits per heavy atom. The first-order valence-electron chi connectivity index (χ1n) is 5.92. The van der Waals surface area contributed by atoms with Gasteiger partial charge in [0.15, 0.2) is 5.58 Å². The number of nitrogen functional groups attached to an aromatic ring is 1. The van der Waals surface area contributed by atoms with Gasteiger partial charge in [0.05, 0.1) is 9.26 Å². The van der Waals surface area contributed by atoms with E-state index in [1.165, 1.54) is 4.57 Å². The Morgan fingerprint density at radius 3 is 3.00 bits per heavy atom. The van der Waals surface area contributed by atoms with Gasteiger partial charge < -0.3 is 10.2 Å². The summed E-state index contributed by atoms with van der Waals surface area (Å²) >= 11 is 1.96. The molecule has 0 amide bonds. The lowest BCUT2D eigenvalue weighted by Crippen LogP contribution is -2.26. The number of benzene rings is 1. The van der Waals surface area contributed by atoms with Crippen molar-refractivity contribution in [1.82, 2.24) is 14.5 Å². The molecule has 0 aliphatic heterocycles. The summed E-state index contributed by atoms with van der Waals surface area (Å²) in [7, 11) is 0. The van der Waals surface area contributed by atoms with Crippen LogP contribution in [-0.4, -0.2) is 14.5 Å². The van der Waals surface area contributed by atoms with E-state index in [2.05, 4.69) is 9.97 Å². The van der Waals surface area contributed by atoms with Crippen molar-refractivity contribution in [3.8, 4) is 0 Å². The molecule has 3 aromatic rings.